The van der Waals surface area contributed by atoms with Crippen molar-refractivity contribution in [3.05, 3.63) is 23.8 Å². The quantitative estimate of drug-likeness (QED) is 0.443. The van der Waals surface area contributed by atoms with Crippen molar-refractivity contribution >= 4 is 22.8 Å². The van der Waals surface area contributed by atoms with Crippen molar-refractivity contribution in [1.29, 1.82) is 0 Å². The molecule has 0 amide bonds. The number of hydrogen-bond donors (Lipinski definition) is 1. The number of halogens is 3. The summed E-state index contributed by atoms with van der Waals surface area (Å²) in [6.45, 7) is 3.22. The van der Waals surface area contributed by atoms with E-state index in [1.54, 1.807) is 7.11 Å². The number of benzene rings is 1. The van der Waals surface area contributed by atoms with Crippen molar-refractivity contribution in [3.63, 3.8) is 0 Å². The van der Waals surface area contributed by atoms with Gasteiger partial charge >= 0.3 is 12.3 Å². The molecule has 1 aliphatic rings. The lowest BCUT2D eigenvalue weighted by Gasteiger charge is -2.17. The predicted octanol–water partition coefficient (Wildman–Crippen LogP) is 2.98. The largest absolute Gasteiger partial charge is 0.573 e. The van der Waals surface area contributed by atoms with E-state index < -0.39 is 23.6 Å². The van der Waals surface area contributed by atoms with Gasteiger partial charge < -0.3 is 28.8 Å². The molecule has 12 heteroatoms. The van der Waals surface area contributed by atoms with Crippen molar-refractivity contribution in [2.75, 3.05) is 52.5 Å². The van der Waals surface area contributed by atoms with Crippen LogP contribution in [0.4, 0.5) is 13.2 Å². The summed E-state index contributed by atoms with van der Waals surface area (Å²) in [5.74, 6) is -1.53. The van der Waals surface area contributed by atoms with Crippen LogP contribution in [0.25, 0.3) is 0 Å². The summed E-state index contributed by atoms with van der Waals surface area (Å²) in [7, 11) is 1.57. The van der Waals surface area contributed by atoms with Gasteiger partial charge in [-0.05, 0) is 19.1 Å². The van der Waals surface area contributed by atoms with E-state index in [9.17, 15) is 23.1 Å². The topological polar surface area (TPSA) is 95.8 Å². The van der Waals surface area contributed by atoms with Crippen LogP contribution >= 0.6 is 11.8 Å². The minimum absolute atomic E-state index is 0.0438. The third-order valence-electron chi connectivity index (χ3n) is 4.02. The minimum atomic E-state index is -4.93. The molecule has 1 aliphatic heterocycles. The van der Waals surface area contributed by atoms with Crippen LogP contribution in [0.15, 0.2) is 23.2 Å². The Labute approximate surface area is 181 Å². The van der Waals surface area contributed by atoms with Gasteiger partial charge in [-0.25, -0.2) is 4.79 Å². The zero-order valence-corrected chi connectivity index (χ0v) is 17.9. The predicted molar refractivity (Wildman–Crippen MR) is 107 cm³/mol. The second kappa shape index (κ2) is 11.6. The Hall–Kier alpha value is -2.02. The maximum atomic E-state index is 12.9. The summed E-state index contributed by atoms with van der Waals surface area (Å²) in [4.78, 5) is 15.6. The average Bonchev–Trinajstić information content (AvgIpc) is 3.09. The van der Waals surface area contributed by atoms with Gasteiger partial charge in [-0.3, -0.25) is 4.99 Å². The summed E-state index contributed by atoms with van der Waals surface area (Å²) in [6.07, 6.45) is -4.93. The summed E-state index contributed by atoms with van der Waals surface area (Å²) in [6, 6.07) is 3.94. The summed E-state index contributed by atoms with van der Waals surface area (Å²) in [5, 5.41) is 9.46. The SMILES string of the molecule is COCCOCCOCCOc1cccc(OC(F)(F)F)c1C1=NC(C)(C(=O)O)CS1. The minimum Gasteiger partial charge on any atom is -0.490 e. The Bertz CT molecular complexity index is 775. The number of carbonyl (C=O) groups is 1. The van der Waals surface area contributed by atoms with Crippen molar-refractivity contribution in [2.45, 2.75) is 18.8 Å². The summed E-state index contributed by atoms with van der Waals surface area (Å²) < 4.78 is 63.8. The van der Waals surface area contributed by atoms with Crippen LogP contribution < -0.4 is 9.47 Å². The van der Waals surface area contributed by atoms with Crippen LogP contribution in [0.1, 0.15) is 12.5 Å². The molecule has 0 spiro atoms. The zero-order valence-electron chi connectivity index (χ0n) is 17.1. The average molecular weight is 467 g/mol. The maximum Gasteiger partial charge on any atom is 0.573 e. The molecule has 1 aromatic rings. The van der Waals surface area contributed by atoms with Gasteiger partial charge in [-0.15, -0.1) is 24.9 Å². The Balaban J connectivity index is 2.08. The number of rotatable bonds is 13. The Kier molecular flexibility index (Phi) is 9.41. The fourth-order valence-corrected chi connectivity index (χ4v) is 3.68. The number of hydrogen-bond acceptors (Lipinski definition) is 8. The van der Waals surface area contributed by atoms with Crippen molar-refractivity contribution in [2.24, 2.45) is 4.99 Å². The second-order valence-corrected chi connectivity index (χ2v) is 7.49. The highest BCUT2D eigenvalue weighted by Gasteiger charge is 2.41. The number of carboxylic acid groups (broad SMARTS) is 1. The molecule has 0 fully saturated rings. The van der Waals surface area contributed by atoms with E-state index in [1.807, 2.05) is 0 Å². The molecule has 0 aromatic heterocycles. The normalized spacial score (nSPS) is 18.7. The van der Waals surface area contributed by atoms with Crippen LogP contribution in [0.2, 0.25) is 0 Å². The van der Waals surface area contributed by atoms with E-state index in [-0.39, 0.29) is 35.3 Å². The lowest BCUT2D eigenvalue weighted by Crippen LogP contribution is -2.33. The Morgan fingerprint density at radius 1 is 1.13 bits per heavy atom. The van der Waals surface area contributed by atoms with E-state index in [0.717, 1.165) is 17.8 Å². The van der Waals surface area contributed by atoms with E-state index in [2.05, 4.69) is 9.73 Å². The number of carboxylic acids is 1. The number of alkyl halides is 3. The van der Waals surface area contributed by atoms with Gasteiger partial charge in [0.05, 0.1) is 38.6 Å². The van der Waals surface area contributed by atoms with Crippen molar-refractivity contribution in [1.82, 2.24) is 0 Å². The third kappa shape index (κ3) is 7.87. The van der Waals surface area contributed by atoms with Gasteiger partial charge in [-0.1, -0.05) is 6.07 Å². The summed E-state index contributed by atoms with van der Waals surface area (Å²) >= 11 is 1.03. The molecule has 0 radical (unpaired) electrons. The molecule has 1 aromatic carbocycles. The third-order valence-corrected chi connectivity index (χ3v) is 5.29. The first kappa shape index (κ1) is 25.2. The molecule has 0 saturated carbocycles. The zero-order chi connectivity index (χ0) is 22.9. The lowest BCUT2D eigenvalue weighted by atomic mass is 10.1. The molecule has 2 rings (SSSR count). The number of thioether (sulfide) groups is 1. The molecule has 0 bridgehead atoms. The summed E-state index contributed by atoms with van der Waals surface area (Å²) in [5.41, 5.74) is -1.49. The van der Waals surface area contributed by atoms with Crippen LogP contribution in [-0.2, 0) is 19.0 Å². The van der Waals surface area contributed by atoms with E-state index in [0.29, 0.717) is 26.4 Å². The number of nitrogens with zero attached hydrogens (tertiary/aromatic N) is 1. The molecule has 1 heterocycles. The molecule has 8 nitrogen and oxygen atoms in total. The van der Waals surface area contributed by atoms with Crippen LogP contribution in [0.5, 0.6) is 11.5 Å². The number of methoxy groups -OCH3 is 1. The molecule has 1 N–H and O–H groups in total. The highest BCUT2D eigenvalue weighted by Crippen LogP contribution is 2.40. The van der Waals surface area contributed by atoms with Gasteiger partial charge in [0.15, 0.2) is 5.54 Å². The number of aliphatic imine (C=N–C) groups is 1. The molecular formula is C19H24F3NO7S. The molecule has 1 atom stereocenters. The molecule has 174 valence electrons. The highest BCUT2D eigenvalue weighted by atomic mass is 32.2. The Morgan fingerprint density at radius 3 is 2.32 bits per heavy atom. The van der Waals surface area contributed by atoms with Gasteiger partial charge in [0, 0.05) is 12.9 Å². The first-order valence-electron chi connectivity index (χ1n) is 9.28. The molecule has 1 unspecified atom stereocenters. The van der Waals surface area contributed by atoms with Gasteiger partial charge in [0.2, 0.25) is 0 Å². The van der Waals surface area contributed by atoms with Gasteiger partial charge in [0.25, 0.3) is 0 Å². The maximum absolute atomic E-state index is 12.9. The van der Waals surface area contributed by atoms with E-state index in [1.165, 1.54) is 19.1 Å². The van der Waals surface area contributed by atoms with E-state index >= 15 is 0 Å². The molecule has 0 saturated heterocycles. The first-order chi connectivity index (χ1) is 14.7. The van der Waals surface area contributed by atoms with Crippen LogP contribution in [-0.4, -0.2) is 80.5 Å². The molecule has 31 heavy (non-hydrogen) atoms. The van der Waals surface area contributed by atoms with Crippen LogP contribution in [0.3, 0.4) is 0 Å². The smallest absolute Gasteiger partial charge is 0.490 e. The number of ether oxygens (including phenoxy) is 5. The van der Waals surface area contributed by atoms with Gasteiger partial charge in [-0.2, -0.15) is 0 Å². The Morgan fingerprint density at radius 2 is 1.74 bits per heavy atom. The first-order valence-corrected chi connectivity index (χ1v) is 10.3. The lowest BCUT2D eigenvalue weighted by molar-refractivity contribution is -0.274. The van der Waals surface area contributed by atoms with E-state index in [4.69, 9.17) is 18.9 Å². The number of aliphatic carboxylic acids is 1. The molecular weight excluding hydrogens is 443 g/mol. The standard InChI is InChI=1S/C19H24F3NO7S/c1-18(17(24)25)12-31-16(23-18)15-13(4-3-5-14(15)30-19(20,21)22)29-11-10-28-9-8-27-7-6-26-2/h3-5H,6-12H2,1-2H3,(H,24,25). The van der Waals surface area contributed by atoms with Crippen LogP contribution in [0, 0.1) is 0 Å². The fraction of sp³-hybridized carbons (Fsp3) is 0.579. The van der Waals surface area contributed by atoms with Gasteiger partial charge in [0.1, 0.15) is 23.1 Å². The highest BCUT2D eigenvalue weighted by molar-refractivity contribution is 8.14. The van der Waals surface area contributed by atoms with Crippen molar-refractivity contribution in [3.8, 4) is 11.5 Å². The monoisotopic (exact) mass is 467 g/mol. The van der Waals surface area contributed by atoms with Crippen molar-refractivity contribution < 1.29 is 46.8 Å². The second-order valence-electron chi connectivity index (χ2n) is 6.53. The fourth-order valence-electron chi connectivity index (χ4n) is 2.46. The molecule has 0 aliphatic carbocycles.